The van der Waals surface area contributed by atoms with Crippen molar-refractivity contribution in [2.75, 3.05) is 32.3 Å². The number of allylic oxidation sites excluding steroid dienone is 1. The highest BCUT2D eigenvalue weighted by Crippen LogP contribution is 2.66. The predicted molar refractivity (Wildman–Crippen MR) is 157 cm³/mol. The van der Waals surface area contributed by atoms with Crippen LogP contribution >= 0.6 is 11.8 Å². The molecule has 3 saturated carbocycles. The lowest BCUT2D eigenvalue weighted by Crippen LogP contribution is -2.58. The third kappa shape index (κ3) is 6.16. The Bertz CT molecular complexity index is 776. The normalized spacial score (nSPS) is 39.6. The smallest absolute Gasteiger partial charge is 0.168 e. The zero-order valence-corrected chi connectivity index (χ0v) is 26.6. The first-order chi connectivity index (χ1) is 17.3. The number of thioether (sulfide) groups is 1. The summed E-state index contributed by atoms with van der Waals surface area (Å²) in [5, 5.41) is 10.8. The second-order valence-corrected chi connectivity index (χ2v) is 15.0. The summed E-state index contributed by atoms with van der Waals surface area (Å²) in [5.74, 6) is 1.32. The summed E-state index contributed by atoms with van der Waals surface area (Å²) < 4.78 is 19.4. The van der Waals surface area contributed by atoms with E-state index in [-0.39, 0.29) is 28.5 Å². The van der Waals surface area contributed by atoms with Gasteiger partial charge in [0.2, 0.25) is 0 Å². The zero-order valence-electron chi connectivity index (χ0n) is 25.7. The Hall–Kier alpha value is -0.0700. The van der Waals surface area contributed by atoms with E-state index in [4.69, 9.17) is 14.2 Å². The molecule has 4 nitrogen and oxygen atoms in total. The molecule has 5 aliphatic rings. The number of aliphatic hydroxyl groups excluding tert-OH is 1. The van der Waals surface area contributed by atoms with E-state index in [2.05, 4.69) is 47.6 Å². The lowest BCUT2D eigenvalue weighted by atomic mass is 9.48. The van der Waals surface area contributed by atoms with Gasteiger partial charge in [-0.3, -0.25) is 0 Å². The van der Waals surface area contributed by atoms with Gasteiger partial charge in [-0.1, -0.05) is 46.3 Å². The summed E-state index contributed by atoms with van der Waals surface area (Å²) in [5.41, 5.74) is 1.74. The van der Waals surface area contributed by atoms with Gasteiger partial charge in [-0.2, -0.15) is 11.8 Å². The van der Waals surface area contributed by atoms with Crippen LogP contribution in [-0.4, -0.2) is 54.9 Å². The molecular formula is C32H58O4S. The maximum Gasteiger partial charge on any atom is 0.168 e. The molecule has 1 N–H and O–H groups in total. The number of hydrogen-bond donors (Lipinski definition) is 1. The minimum absolute atomic E-state index is 0.0713. The minimum atomic E-state index is -0.422. The van der Waals surface area contributed by atoms with E-state index in [0.717, 1.165) is 38.9 Å². The molecule has 5 rings (SSSR count). The molecule has 0 aromatic heterocycles. The quantitative estimate of drug-likeness (QED) is 0.362. The first-order valence-corrected chi connectivity index (χ1v) is 16.6. The molecule has 1 saturated heterocycles. The maximum absolute atomic E-state index is 10.8. The van der Waals surface area contributed by atoms with Crippen molar-refractivity contribution in [2.24, 2.45) is 34.0 Å². The lowest BCUT2D eigenvalue weighted by Gasteiger charge is -2.60. The molecule has 6 atom stereocenters. The van der Waals surface area contributed by atoms with Crippen LogP contribution in [0.2, 0.25) is 0 Å². The van der Waals surface area contributed by atoms with E-state index in [0.29, 0.717) is 23.9 Å². The SMILES string of the molecule is CC.CC1(C)COC2(CCC3(CO)C4=CCC5(C)C(OC(C)(C)C)CCC5C4CCC3C2)OC1.CSC. The van der Waals surface area contributed by atoms with E-state index in [1.54, 1.807) is 17.3 Å². The van der Waals surface area contributed by atoms with Crippen molar-refractivity contribution in [3.05, 3.63) is 11.6 Å². The monoisotopic (exact) mass is 538 g/mol. The second kappa shape index (κ2) is 11.8. The van der Waals surface area contributed by atoms with Gasteiger partial charge in [0, 0.05) is 29.1 Å². The Balaban J connectivity index is 0.000000711. The fourth-order valence-electron chi connectivity index (χ4n) is 8.15. The fraction of sp³-hybridized carbons (Fsp3) is 0.938. The van der Waals surface area contributed by atoms with Gasteiger partial charge in [0.15, 0.2) is 5.79 Å². The van der Waals surface area contributed by atoms with Crippen molar-refractivity contribution < 1.29 is 19.3 Å². The average Bonchev–Trinajstić information content (AvgIpc) is 3.17. The van der Waals surface area contributed by atoms with Crippen molar-refractivity contribution >= 4 is 11.8 Å². The largest absolute Gasteiger partial charge is 0.395 e. The Morgan fingerprint density at radius 1 is 1.00 bits per heavy atom. The van der Waals surface area contributed by atoms with Crippen molar-refractivity contribution in [1.82, 2.24) is 0 Å². The maximum atomic E-state index is 10.8. The topological polar surface area (TPSA) is 47.9 Å². The highest BCUT2D eigenvalue weighted by Gasteiger charge is 2.61. The number of rotatable bonds is 2. The molecule has 0 bridgehead atoms. The van der Waals surface area contributed by atoms with Crippen LogP contribution in [0.15, 0.2) is 11.6 Å². The van der Waals surface area contributed by atoms with E-state index in [9.17, 15) is 5.11 Å². The molecule has 6 unspecified atom stereocenters. The van der Waals surface area contributed by atoms with Crippen LogP contribution in [0.1, 0.15) is 107 Å². The van der Waals surface area contributed by atoms with Gasteiger partial charge >= 0.3 is 0 Å². The Morgan fingerprint density at radius 3 is 2.19 bits per heavy atom. The molecule has 0 aromatic carbocycles. The van der Waals surface area contributed by atoms with Crippen LogP contribution in [0.4, 0.5) is 0 Å². The van der Waals surface area contributed by atoms with E-state index in [1.165, 1.54) is 25.7 Å². The fourth-order valence-corrected chi connectivity index (χ4v) is 8.15. The molecular weight excluding hydrogens is 480 g/mol. The summed E-state index contributed by atoms with van der Waals surface area (Å²) >= 11 is 1.75. The molecule has 37 heavy (non-hydrogen) atoms. The van der Waals surface area contributed by atoms with Crippen LogP contribution in [0.3, 0.4) is 0 Å². The highest BCUT2D eigenvalue weighted by atomic mass is 32.2. The van der Waals surface area contributed by atoms with Crippen molar-refractivity contribution in [3.8, 4) is 0 Å². The highest BCUT2D eigenvalue weighted by molar-refractivity contribution is 7.97. The number of aliphatic hydroxyl groups is 1. The van der Waals surface area contributed by atoms with Gasteiger partial charge in [-0.05, 0) is 89.6 Å². The van der Waals surface area contributed by atoms with Crippen LogP contribution in [0, 0.1) is 34.0 Å². The molecule has 4 fully saturated rings. The molecule has 1 heterocycles. The molecule has 5 heteroatoms. The summed E-state index contributed by atoms with van der Waals surface area (Å²) in [6, 6.07) is 0. The first-order valence-electron chi connectivity index (χ1n) is 15.0. The van der Waals surface area contributed by atoms with Crippen molar-refractivity contribution in [3.63, 3.8) is 0 Å². The van der Waals surface area contributed by atoms with Gasteiger partial charge in [-0.15, -0.1) is 0 Å². The molecule has 1 aliphatic heterocycles. The summed E-state index contributed by atoms with van der Waals surface area (Å²) in [7, 11) is 0. The Kier molecular flexibility index (Phi) is 10.0. The molecule has 216 valence electrons. The van der Waals surface area contributed by atoms with Crippen molar-refractivity contribution in [2.45, 2.75) is 124 Å². The number of ether oxygens (including phenoxy) is 3. The summed E-state index contributed by atoms with van der Waals surface area (Å²) in [6.45, 7) is 19.3. The van der Waals surface area contributed by atoms with Crippen LogP contribution in [0.5, 0.6) is 0 Å². The molecule has 0 amide bonds. The second-order valence-electron chi connectivity index (χ2n) is 14.2. The molecule has 0 radical (unpaired) electrons. The minimum Gasteiger partial charge on any atom is -0.395 e. The van der Waals surface area contributed by atoms with Crippen LogP contribution < -0.4 is 0 Å². The van der Waals surface area contributed by atoms with Gasteiger partial charge in [0.25, 0.3) is 0 Å². The van der Waals surface area contributed by atoms with Gasteiger partial charge in [-0.25, -0.2) is 0 Å². The van der Waals surface area contributed by atoms with Crippen LogP contribution in [0.25, 0.3) is 0 Å². The predicted octanol–water partition coefficient (Wildman–Crippen LogP) is 7.88. The van der Waals surface area contributed by atoms with E-state index in [1.807, 2.05) is 26.4 Å². The van der Waals surface area contributed by atoms with E-state index >= 15 is 0 Å². The number of hydrogen-bond acceptors (Lipinski definition) is 5. The molecule has 0 aromatic rings. The first kappa shape index (κ1) is 31.5. The summed E-state index contributed by atoms with van der Waals surface area (Å²) in [4.78, 5) is 0. The zero-order chi connectivity index (χ0) is 27.7. The Morgan fingerprint density at radius 2 is 1.62 bits per heavy atom. The average molecular weight is 539 g/mol. The molecule has 4 aliphatic carbocycles. The number of fused-ring (bicyclic) bond motifs is 5. The molecule has 1 spiro atoms. The van der Waals surface area contributed by atoms with Crippen LogP contribution in [-0.2, 0) is 14.2 Å². The Labute approximate surface area is 233 Å². The summed E-state index contributed by atoms with van der Waals surface area (Å²) in [6.07, 6.45) is 15.7. The van der Waals surface area contributed by atoms with E-state index < -0.39 is 5.79 Å². The van der Waals surface area contributed by atoms with Gasteiger partial charge in [0.1, 0.15) is 0 Å². The van der Waals surface area contributed by atoms with Gasteiger partial charge < -0.3 is 19.3 Å². The standard InChI is InChI=1S/C28H46O4.C2H6S.C2H6/c1-24(2,3)32-23-10-9-21-20-8-7-19-15-28(30-17-25(4,5)18-31-28)14-13-27(19,16-29)22(20)11-12-26(21,23)6;1-3-2;1-2/h11,19-21,23,29H,7-10,12-18H2,1-6H3;1-2H3;1-2H3. The lowest BCUT2D eigenvalue weighted by molar-refractivity contribution is -0.325. The third-order valence-corrected chi connectivity index (χ3v) is 9.89. The third-order valence-electron chi connectivity index (χ3n) is 9.89. The van der Waals surface area contributed by atoms with Crippen molar-refractivity contribution in [1.29, 1.82) is 0 Å². The van der Waals surface area contributed by atoms with Gasteiger partial charge in [0.05, 0.1) is 31.5 Å².